The van der Waals surface area contributed by atoms with Gasteiger partial charge in [-0.2, -0.15) is 8.42 Å². The van der Waals surface area contributed by atoms with Crippen molar-refractivity contribution in [3.05, 3.63) is 66.7 Å². The van der Waals surface area contributed by atoms with E-state index in [0.717, 1.165) is 21.9 Å². The molecule has 0 aliphatic heterocycles. The second-order valence-corrected chi connectivity index (χ2v) is 4.97. The maximum Gasteiger partial charge on any atom is 0.299 e. The molecule has 0 spiro atoms. The number of rotatable bonds is 3. The quantitative estimate of drug-likeness (QED) is 0.749. The van der Waals surface area contributed by atoms with Crippen molar-refractivity contribution in [2.75, 3.05) is 0 Å². The summed E-state index contributed by atoms with van der Waals surface area (Å²) in [4.78, 5) is 0. The Bertz CT molecular complexity index is 810. The Balaban J connectivity index is 2.32. The zero-order chi connectivity index (χ0) is 13.9. The normalized spacial score (nSPS) is 10.8. The van der Waals surface area contributed by atoms with Crippen LogP contribution >= 0.6 is 0 Å². The molecule has 0 atom stereocenters. The Morgan fingerprint density at radius 2 is 1.45 bits per heavy atom. The minimum absolute atomic E-state index is 0.359. The molecule has 0 aliphatic rings. The number of thiol groups is 1. The van der Waals surface area contributed by atoms with E-state index in [4.69, 9.17) is 4.18 Å². The zero-order valence-electron chi connectivity index (χ0n) is 10.5. The minimum atomic E-state index is -2.93. The fourth-order valence-corrected chi connectivity index (χ4v) is 2.63. The summed E-state index contributed by atoms with van der Waals surface area (Å²) in [6.07, 6.45) is 0. The van der Waals surface area contributed by atoms with E-state index in [1.165, 1.54) is 0 Å². The predicted octanol–water partition coefficient (Wildman–Crippen LogP) is 3.41. The van der Waals surface area contributed by atoms with Crippen LogP contribution in [0.5, 0.6) is 5.75 Å². The van der Waals surface area contributed by atoms with Crippen molar-refractivity contribution in [3.63, 3.8) is 0 Å². The van der Waals surface area contributed by atoms with Crippen LogP contribution in [0.15, 0.2) is 66.7 Å². The molecule has 0 aliphatic carbocycles. The summed E-state index contributed by atoms with van der Waals surface area (Å²) in [6, 6.07) is 21.1. The Morgan fingerprint density at radius 1 is 0.750 bits per heavy atom. The molecule has 0 bridgehead atoms. The summed E-state index contributed by atoms with van der Waals surface area (Å²) in [5, 5.41) is 1.75. The Kier molecular flexibility index (Phi) is 3.39. The lowest BCUT2D eigenvalue weighted by atomic mass is 9.98. The molecule has 0 amide bonds. The summed E-state index contributed by atoms with van der Waals surface area (Å²) in [5.74, 6) is 0.359. The molecule has 100 valence electrons. The van der Waals surface area contributed by atoms with Crippen LogP contribution in [0.1, 0.15) is 0 Å². The van der Waals surface area contributed by atoms with Gasteiger partial charge in [0, 0.05) is 5.39 Å². The smallest absolute Gasteiger partial charge is 0.299 e. The first-order chi connectivity index (χ1) is 9.75. The fourth-order valence-electron chi connectivity index (χ4n) is 2.32. The van der Waals surface area contributed by atoms with E-state index in [0.29, 0.717) is 5.75 Å². The molecule has 3 rings (SSSR count). The molecule has 0 radical (unpaired) electrons. The third-order valence-corrected chi connectivity index (χ3v) is 3.47. The SMILES string of the molecule is O=[SH](=O)Oc1cccc2cccc(-c3ccccc3)c12. The average molecular weight is 284 g/mol. The Hall–Kier alpha value is -2.33. The van der Waals surface area contributed by atoms with Crippen molar-refractivity contribution in [1.29, 1.82) is 0 Å². The predicted molar refractivity (Wildman–Crippen MR) is 80.3 cm³/mol. The lowest BCUT2D eigenvalue weighted by Gasteiger charge is -2.10. The average Bonchev–Trinajstić information content (AvgIpc) is 2.47. The molecule has 0 saturated heterocycles. The third-order valence-electron chi connectivity index (χ3n) is 3.12. The second kappa shape index (κ2) is 5.35. The summed E-state index contributed by atoms with van der Waals surface area (Å²) < 4.78 is 26.7. The van der Waals surface area contributed by atoms with Gasteiger partial charge in [-0.15, -0.1) is 0 Å². The molecule has 0 fully saturated rings. The zero-order valence-corrected chi connectivity index (χ0v) is 11.4. The van der Waals surface area contributed by atoms with Gasteiger partial charge in [0.05, 0.1) is 0 Å². The summed E-state index contributed by atoms with van der Waals surface area (Å²) in [6.45, 7) is 0. The second-order valence-electron chi connectivity index (χ2n) is 4.34. The van der Waals surface area contributed by atoms with E-state index in [9.17, 15) is 8.42 Å². The van der Waals surface area contributed by atoms with Gasteiger partial charge in [-0.25, -0.2) is 0 Å². The van der Waals surface area contributed by atoms with Gasteiger partial charge in [0.15, 0.2) is 5.75 Å². The molecule has 0 unspecified atom stereocenters. The van der Waals surface area contributed by atoms with Crippen molar-refractivity contribution in [2.45, 2.75) is 0 Å². The maximum atomic E-state index is 10.9. The molecular formula is C16H12O3S. The number of hydrogen-bond acceptors (Lipinski definition) is 3. The van der Waals surface area contributed by atoms with E-state index in [1.54, 1.807) is 12.1 Å². The Morgan fingerprint density at radius 3 is 2.15 bits per heavy atom. The summed E-state index contributed by atoms with van der Waals surface area (Å²) in [5.41, 5.74) is 1.98. The maximum absolute atomic E-state index is 10.9. The van der Waals surface area contributed by atoms with Gasteiger partial charge in [-0.1, -0.05) is 60.7 Å². The molecular weight excluding hydrogens is 272 g/mol. The molecule has 0 heterocycles. The highest BCUT2D eigenvalue weighted by Crippen LogP contribution is 2.35. The van der Waals surface area contributed by atoms with Gasteiger partial charge in [-0.3, -0.25) is 0 Å². The number of fused-ring (bicyclic) bond motifs is 1. The molecule has 0 saturated carbocycles. The van der Waals surface area contributed by atoms with Crippen LogP contribution in [0, 0.1) is 0 Å². The lowest BCUT2D eigenvalue weighted by molar-refractivity contribution is 0.513. The van der Waals surface area contributed by atoms with Gasteiger partial charge < -0.3 is 4.18 Å². The van der Waals surface area contributed by atoms with Gasteiger partial charge in [0.1, 0.15) is 0 Å². The molecule has 3 aromatic carbocycles. The van der Waals surface area contributed by atoms with Crippen LogP contribution < -0.4 is 4.18 Å². The monoisotopic (exact) mass is 284 g/mol. The first-order valence-electron chi connectivity index (χ1n) is 6.15. The van der Waals surface area contributed by atoms with Crippen LogP contribution in [0.25, 0.3) is 21.9 Å². The third kappa shape index (κ3) is 2.38. The number of hydrogen-bond donors (Lipinski definition) is 1. The first kappa shape index (κ1) is 12.7. The van der Waals surface area contributed by atoms with Crippen LogP contribution in [-0.2, 0) is 11.0 Å². The van der Waals surface area contributed by atoms with Crippen molar-refractivity contribution >= 4 is 21.8 Å². The highest BCUT2D eigenvalue weighted by molar-refractivity contribution is 7.67. The summed E-state index contributed by atoms with van der Waals surface area (Å²) in [7, 11) is -2.93. The van der Waals surface area contributed by atoms with Crippen LogP contribution in [0.2, 0.25) is 0 Å². The molecule has 3 nitrogen and oxygen atoms in total. The largest absolute Gasteiger partial charge is 0.384 e. The van der Waals surface area contributed by atoms with E-state index >= 15 is 0 Å². The molecule has 20 heavy (non-hydrogen) atoms. The van der Waals surface area contributed by atoms with Gasteiger partial charge in [0.2, 0.25) is 0 Å². The van der Waals surface area contributed by atoms with Gasteiger partial charge in [0.25, 0.3) is 11.0 Å². The topological polar surface area (TPSA) is 43.4 Å². The van der Waals surface area contributed by atoms with Gasteiger partial charge >= 0.3 is 0 Å². The van der Waals surface area contributed by atoms with Gasteiger partial charge in [-0.05, 0) is 22.6 Å². The van der Waals surface area contributed by atoms with Crippen LogP contribution in [-0.4, -0.2) is 8.42 Å². The van der Waals surface area contributed by atoms with E-state index < -0.39 is 11.0 Å². The van der Waals surface area contributed by atoms with Crippen molar-refractivity contribution in [1.82, 2.24) is 0 Å². The summed E-state index contributed by atoms with van der Waals surface area (Å²) >= 11 is 0. The lowest BCUT2D eigenvalue weighted by Crippen LogP contribution is -1.92. The van der Waals surface area contributed by atoms with Crippen molar-refractivity contribution < 1.29 is 12.6 Å². The van der Waals surface area contributed by atoms with Crippen LogP contribution in [0.4, 0.5) is 0 Å². The van der Waals surface area contributed by atoms with Crippen molar-refractivity contribution in [3.8, 4) is 16.9 Å². The Labute approximate surface area is 118 Å². The van der Waals surface area contributed by atoms with E-state index in [2.05, 4.69) is 0 Å². The fraction of sp³-hybridized carbons (Fsp3) is 0. The first-order valence-corrected chi connectivity index (χ1v) is 7.25. The highest BCUT2D eigenvalue weighted by Gasteiger charge is 2.09. The van der Waals surface area contributed by atoms with E-state index in [-0.39, 0.29) is 0 Å². The highest BCUT2D eigenvalue weighted by atomic mass is 32.2. The number of benzene rings is 3. The molecule has 4 heteroatoms. The van der Waals surface area contributed by atoms with Crippen molar-refractivity contribution in [2.24, 2.45) is 0 Å². The molecule has 0 N–H and O–H groups in total. The molecule has 0 aromatic heterocycles. The minimum Gasteiger partial charge on any atom is -0.384 e. The van der Waals surface area contributed by atoms with Crippen LogP contribution in [0.3, 0.4) is 0 Å². The standard InChI is InChI=1S/C16H12O3S/c17-20(18)19-15-11-5-9-13-8-4-10-14(16(13)15)12-6-2-1-3-7-12/h1-11,20H. The molecule has 3 aromatic rings. The van der Waals surface area contributed by atoms with E-state index in [1.807, 2.05) is 54.6 Å².